The van der Waals surface area contributed by atoms with Crippen LogP contribution in [-0.2, 0) is 14.8 Å². The molecule has 0 aliphatic carbocycles. The normalized spacial score (nSPS) is 23.5. The molecular weight excluding hydrogens is 370 g/mol. The van der Waals surface area contributed by atoms with Gasteiger partial charge < -0.3 is 9.47 Å². The lowest BCUT2D eigenvalue weighted by atomic mass is 10.3. The van der Waals surface area contributed by atoms with Gasteiger partial charge in [-0.1, -0.05) is 6.92 Å². The van der Waals surface area contributed by atoms with Crippen molar-refractivity contribution in [3.63, 3.8) is 0 Å². The van der Waals surface area contributed by atoms with Crippen molar-refractivity contribution in [1.82, 2.24) is 4.31 Å². The van der Waals surface area contributed by atoms with Gasteiger partial charge in [0.2, 0.25) is 10.0 Å². The van der Waals surface area contributed by atoms with Gasteiger partial charge in [0.25, 0.3) is 0 Å². The molecule has 124 valence electrons. The average Bonchev–Trinajstić information content (AvgIpc) is 2.45. The predicted octanol–water partition coefficient (Wildman–Crippen LogP) is 3.04. The molecule has 1 heterocycles. The Morgan fingerprint density at radius 3 is 2.55 bits per heavy atom. The summed E-state index contributed by atoms with van der Waals surface area (Å²) >= 11 is 3.39. The fourth-order valence-corrected chi connectivity index (χ4v) is 4.41. The second kappa shape index (κ2) is 7.29. The van der Waals surface area contributed by atoms with Crippen LogP contribution < -0.4 is 4.74 Å². The Hall–Kier alpha value is -0.630. The van der Waals surface area contributed by atoms with E-state index in [1.54, 1.807) is 18.2 Å². The zero-order valence-corrected chi connectivity index (χ0v) is 15.5. The summed E-state index contributed by atoms with van der Waals surface area (Å²) in [7, 11) is -3.54. The summed E-state index contributed by atoms with van der Waals surface area (Å²) in [4.78, 5) is 0.253. The van der Waals surface area contributed by atoms with Gasteiger partial charge in [0.05, 0.1) is 28.2 Å². The van der Waals surface area contributed by atoms with E-state index in [4.69, 9.17) is 9.47 Å². The molecule has 0 N–H and O–H groups in total. The number of nitrogens with zero attached hydrogens (tertiary/aromatic N) is 1. The third-order valence-corrected chi connectivity index (χ3v) is 5.87. The monoisotopic (exact) mass is 391 g/mol. The zero-order valence-electron chi connectivity index (χ0n) is 13.1. The van der Waals surface area contributed by atoms with E-state index in [0.29, 0.717) is 25.4 Å². The predicted molar refractivity (Wildman–Crippen MR) is 88.7 cm³/mol. The van der Waals surface area contributed by atoms with Gasteiger partial charge in [-0.3, -0.25) is 0 Å². The summed E-state index contributed by atoms with van der Waals surface area (Å²) in [5, 5.41) is 0. The Bertz CT molecular complexity index is 610. The highest BCUT2D eigenvalue weighted by Gasteiger charge is 2.32. The highest BCUT2D eigenvalue weighted by molar-refractivity contribution is 9.10. The summed E-state index contributed by atoms with van der Waals surface area (Å²) in [6.45, 7) is 7.06. The van der Waals surface area contributed by atoms with Crippen molar-refractivity contribution in [3.8, 4) is 5.75 Å². The van der Waals surface area contributed by atoms with Crippen molar-refractivity contribution < 1.29 is 17.9 Å². The van der Waals surface area contributed by atoms with E-state index in [1.807, 2.05) is 20.8 Å². The Morgan fingerprint density at radius 1 is 1.32 bits per heavy atom. The minimum absolute atomic E-state index is 0.107. The highest BCUT2D eigenvalue weighted by atomic mass is 79.9. The van der Waals surface area contributed by atoms with Crippen molar-refractivity contribution in [2.75, 3.05) is 19.7 Å². The van der Waals surface area contributed by atoms with Crippen LogP contribution in [0.4, 0.5) is 0 Å². The van der Waals surface area contributed by atoms with Gasteiger partial charge in [0, 0.05) is 19.2 Å². The number of sulfonamides is 1. The molecule has 2 rings (SSSR count). The van der Waals surface area contributed by atoms with Gasteiger partial charge in [-0.05, 0) is 48.3 Å². The summed E-state index contributed by atoms with van der Waals surface area (Å²) < 4.78 is 39.1. The summed E-state index contributed by atoms with van der Waals surface area (Å²) in [6, 6.07) is 4.90. The fourth-order valence-electron chi connectivity index (χ4n) is 2.44. The largest absolute Gasteiger partial charge is 0.492 e. The van der Waals surface area contributed by atoms with E-state index in [1.165, 1.54) is 4.31 Å². The first-order chi connectivity index (χ1) is 10.3. The maximum atomic E-state index is 12.8. The Balaban J connectivity index is 2.29. The van der Waals surface area contributed by atoms with Gasteiger partial charge in [0.15, 0.2) is 0 Å². The summed E-state index contributed by atoms with van der Waals surface area (Å²) in [6.07, 6.45) is 0.650. The molecule has 1 fully saturated rings. The number of morpholine rings is 1. The Morgan fingerprint density at radius 2 is 1.95 bits per heavy atom. The first kappa shape index (κ1) is 17.7. The standard InChI is InChI=1S/C15H22BrNO4S/c1-4-7-20-15-8-13(5-6-14(15)16)22(18,19)17-9-11(2)21-12(3)10-17/h5-6,8,11-12H,4,7,9-10H2,1-3H3/t11-,12-/m1/s1. The molecule has 0 radical (unpaired) electrons. The lowest BCUT2D eigenvalue weighted by Crippen LogP contribution is -2.48. The lowest BCUT2D eigenvalue weighted by molar-refractivity contribution is -0.0440. The first-order valence-electron chi connectivity index (χ1n) is 7.42. The van der Waals surface area contributed by atoms with Crippen LogP contribution in [0.5, 0.6) is 5.75 Å². The molecule has 0 unspecified atom stereocenters. The molecule has 5 nitrogen and oxygen atoms in total. The molecule has 0 saturated carbocycles. The second-order valence-corrected chi connectivity index (χ2v) is 8.31. The van der Waals surface area contributed by atoms with Crippen LogP contribution in [0, 0.1) is 0 Å². The third kappa shape index (κ3) is 4.01. The molecular formula is C15H22BrNO4S. The molecule has 1 aromatic rings. The summed E-state index contributed by atoms with van der Waals surface area (Å²) in [5.74, 6) is 0.553. The number of ether oxygens (including phenoxy) is 2. The number of benzene rings is 1. The number of halogens is 1. The topological polar surface area (TPSA) is 55.8 Å². The number of rotatable bonds is 5. The SMILES string of the molecule is CCCOc1cc(S(=O)(=O)N2C[C@@H](C)O[C@H](C)C2)ccc1Br. The maximum Gasteiger partial charge on any atom is 0.243 e. The minimum atomic E-state index is -3.54. The molecule has 0 amide bonds. The lowest BCUT2D eigenvalue weighted by Gasteiger charge is -2.34. The van der Waals surface area contributed by atoms with E-state index in [9.17, 15) is 8.42 Å². The van der Waals surface area contributed by atoms with E-state index >= 15 is 0 Å². The molecule has 7 heteroatoms. The quantitative estimate of drug-likeness (QED) is 0.773. The van der Waals surface area contributed by atoms with Crippen LogP contribution in [0.3, 0.4) is 0 Å². The minimum Gasteiger partial charge on any atom is -0.492 e. The van der Waals surface area contributed by atoms with E-state index in [-0.39, 0.29) is 17.1 Å². The molecule has 1 aromatic carbocycles. The van der Waals surface area contributed by atoms with Gasteiger partial charge >= 0.3 is 0 Å². The Kier molecular flexibility index (Phi) is 5.87. The number of hydrogen-bond acceptors (Lipinski definition) is 4. The molecule has 0 bridgehead atoms. The number of hydrogen-bond donors (Lipinski definition) is 0. The second-order valence-electron chi connectivity index (χ2n) is 5.52. The molecule has 1 aliphatic rings. The smallest absolute Gasteiger partial charge is 0.243 e. The van der Waals surface area contributed by atoms with E-state index in [2.05, 4.69) is 15.9 Å². The molecule has 1 aliphatic heterocycles. The molecule has 22 heavy (non-hydrogen) atoms. The van der Waals surface area contributed by atoms with Crippen LogP contribution in [0.25, 0.3) is 0 Å². The maximum absolute atomic E-state index is 12.8. The highest BCUT2D eigenvalue weighted by Crippen LogP contribution is 2.30. The van der Waals surface area contributed by atoms with Gasteiger partial charge in [-0.2, -0.15) is 4.31 Å². The third-order valence-electron chi connectivity index (χ3n) is 3.39. The molecule has 0 spiro atoms. The van der Waals surface area contributed by atoms with Crippen LogP contribution in [0.1, 0.15) is 27.2 Å². The van der Waals surface area contributed by atoms with Crippen LogP contribution in [-0.4, -0.2) is 44.6 Å². The van der Waals surface area contributed by atoms with E-state index < -0.39 is 10.0 Å². The van der Waals surface area contributed by atoms with Crippen molar-refractivity contribution in [2.45, 2.75) is 44.3 Å². The van der Waals surface area contributed by atoms with Crippen molar-refractivity contribution in [1.29, 1.82) is 0 Å². The van der Waals surface area contributed by atoms with Crippen LogP contribution in [0.15, 0.2) is 27.6 Å². The Labute approximate surface area is 140 Å². The van der Waals surface area contributed by atoms with Crippen molar-refractivity contribution >= 4 is 26.0 Å². The summed E-state index contributed by atoms with van der Waals surface area (Å²) in [5.41, 5.74) is 0. The van der Waals surface area contributed by atoms with Crippen LogP contribution >= 0.6 is 15.9 Å². The zero-order chi connectivity index (χ0) is 16.3. The van der Waals surface area contributed by atoms with Gasteiger partial charge in [-0.15, -0.1) is 0 Å². The van der Waals surface area contributed by atoms with Gasteiger partial charge in [-0.25, -0.2) is 8.42 Å². The van der Waals surface area contributed by atoms with E-state index in [0.717, 1.165) is 10.9 Å². The average molecular weight is 392 g/mol. The molecule has 1 saturated heterocycles. The van der Waals surface area contributed by atoms with Crippen molar-refractivity contribution in [3.05, 3.63) is 22.7 Å². The fraction of sp³-hybridized carbons (Fsp3) is 0.600. The molecule has 2 atom stereocenters. The van der Waals surface area contributed by atoms with Gasteiger partial charge in [0.1, 0.15) is 5.75 Å². The van der Waals surface area contributed by atoms with Crippen molar-refractivity contribution in [2.24, 2.45) is 0 Å². The van der Waals surface area contributed by atoms with Crippen LogP contribution in [0.2, 0.25) is 0 Å². The molecule has 0 aromatic heterocycles. The first-order valence-corrected chi connectivity index (χ1v) is 9.66.